The minimum atomic E-state index is -0.0961. The lowest BCUT2D eigenvalue weighted by Crippen LogP contribution is -2.16. The predicted octanol–water partition coefficient (Wildman–Crippen LogP) is 14.3. The average Bonchev–Trinajstić information content (AvgIpc) is 3.68. The molecule has 0 aliphatic heterocycles. The molecule has 1 aliphatic rings. The van der Waals surface area contributed by atoms with Crippen molar-refractivity contribution in [2.75, 3.05) is 4.90 Å². The van der Waals surface area contributed by atoms with Gasteiger partial charge in [-0.05, 0) is 86.3 Å². The van der Waals surface area contributed by atoms with E-state index >= 15 is 0 Å². The van der Waals surface area contributed by atoms with Gasteiger partial charge in [-0.15, -0.1) is 11.3 Å². The van der Waals surface area contributed by atoms with Gasteiger partial charge in [0, 0.05) is 37.6 Å². The molecule has 0 fully saturated rings. The summed E-state index contributed by atoms with van der Waals surface area (Å²) in [6, 6.07) is 64.7. The first-order valence-electron chi connectivity index (χ1n) is 17.7. The van der Waals surface area contributed by atoms with Gasteiger partial charge in [0.2, 0.25) is 0 Å². The predicted molar refractivity (Wildman–Crippen MR) is 220 cm³/mol. The lowest BCUT2D eigenvalue weighted by atomic mass is 9.82. The van der Waals surface area contributed by atoms with E-state index in [1.165, 1.54) is 86.8 Å². The monoisotopic (exact) mass is 669 g/mol. The maximum absolute atomic E-state index is 2.48. The topological polar surface area (TPSA) is 3.24 Å². The van der Waals surface area contributed by atoms with Crippen molar-refractivity contribution in [1.82, 2.24) is 0 Å². The molecule has 10 rings (SSSR count). The van der Waals surface area contributed by atoms with E-state index in [0.717, 1.165) is 5.69 Å². The van der Waals surface area contributed by atoms with Gasteiger partial charge < -0.3 is 4.90 Å². The summed E-state index contributed by atoms with van der Waals surface area (Å²) in [5.74, 6) is 0. The minimum Gasteiger partial charge on any atom is -0.309 e. The van der Waals surface area contributed by atoms with Gasteiger partial charge in [-0.2, -0.15) is 0 Å². The van der Waals surface area contributed by atoms with E-state index in [1.54, 1.807) is 0 Å². The van der Waals surface area contributed by atoms with E-state index < -0.39 is 0 Å². The fourth-order valence-corrected chi connectivity index (χ4v) is 9.65. The van der Waals surface area contributed by atoms with Crippen molar-refractivity contribution in [2.45, 2.75) is 19.3 Å². The zero-order valence-corrected chi connectivity index (χ0v) is 29.4. The number of hydrogen-bond donors (Lipinski definition) is 0. The number of hydrogen-bond acceptors (Lipinski definition) is 2. The largest absolute Gasteiger partial charge is 0.309 e. The molecule has 1 heterocycles. The SMILES string of the molecule is CC1(C)c2ccccc2-c2ccc(N(c3ccc(-c4ccccc4)cc3)c3cccc4c3sc3c5ccccc5c(-c5ccccc5)cc43)cc21. The summed E-state index contributed by atoms with van der Waals surface area (Å²) in [4.78, 5) is 2.48. The van der Waals surface area contributed by atoms with Crippen LogP contribution in [0.1, 0.15) is 25.0 Å². The Balaban J connectivity index is 1.22. The summed E-state index contributed by atoms with van der Waals surface area (Å²) < 4.78 is 2.62. The summed E-state index contributed by atoms with van der Waals surface area (Å²) in [5.41, 5.74) is 13.8. The normalized spacial score (nSPS) is 13.1. The molecule has 1 aliphatic carbocycles. The Hall–Kier alpha value is -5.96. The molecule has 0 amide bonds. The molecule has 9 aromatic rings. The maximum Gasteiger partial charge on any atom is 0.0640 e. The van der Waals surface area contributed by atoms with Crippen LogP contribution in [-0.4, -0.2) is 0 Å². The van der Waals surface area contributed by atoms with Crippen LogP contribution in [-0.2, 0) is 5.41 Å². The van der Waals surface area contributed by atoms with Crippen LogP contribution in [0.15, 0.2) is 176 Å². The van der Waals surface area contributed by atoms with E-state index in [-0.39, 0.29) is 5.41 Å². The summed E-state index contributed by atoms with van der Waals surface area (Å²) in [6.45, 7) is 4.73. The second-order valence-electron chi connectivity index (χ2n) is 14.1. The van der Waals surface area contributed by atoms with Crippen molar-refractivity contribution < 1.29 is 0 Å². The van der Waals surface area contributed by atoms with Crippen molar-refractivity contribution in [3.63, 3.8) is 0 Å². The number of fused-ring (bicyclic) bond motifs is 8. The van der Waals surface area contributed by atoms with E-state index in [9.17, 15) is 0 Å². The highest BCUT2D eigenvalue weighted by atomic mass is 32.1. The fraction of sp³-hybridized carbons (Fsp3) is 0.0612. The molecule has 0 saturated heterocycles. The molecule has 0 unspecified atom stereocenters. The molecular weight excluding hydrogens is 635 g/mol. The fourth-order valence-electron chi connectivity index (χ4n) is 8.33. The summed E-state index contributed by atoms with van der Waals surface area (Å²) in [5, 5.41) is 5.18. The zero-order chi connectivity index (χ0) is 34.1. The van der Waals surface area contributed by atoms with Crippen molar-refractivity contribution >= 4 is 59.3 Å². The molecule has 8 aromatic carbocycles. The van der Waals surface area contributed by atoms with E-state index in [2.05, 4.69) is 195 Å². The van der Waals surface area contributed by atoms with E-state index in [4.69, 9.17) is 0 Å². The van der Waals surface area contributed by atoms with Gasteiger partial charge in [0.05, 0.1) is 10.4 Å². The molecule has 0 radical (unpaired) electrons. The molecule has 0 bridgehead atoms. The first-order chi connectivity index (χ1) is 25.1. The number of thiophene rings is 1. The van der Waals surface area contributed by atoms with Crippen molar-refractivity contribution in [3.05, 3.63) is 187 Å². The third-order valence-corrected chi connectivity index (χ3v) is 12.1. The molecule has 1 aromatic heterocycles. The van der Waals surface area contributed by atoms with E-state index in [0.29, 0.717) is 0 Å². The molecule has 0 saturated carbocycles. The van der Waals surface area contributed by atoms with Gasteiger partial charge in [0.1, 0.15) is 0 Å². The highest BCUT2D eigenvalue weighted by molar-refractivity contribution is 7.27. The zero-order valence-electron chi connectivity index (χ0n) is 28.6. The van der Waals surface area contributed by atoms with Gasteiger partial charge in [-0.1, -0.05) is 153 Å². The first kappa shape index (κ1) is 29.9. The number of rotatable bonds is 5. The van der Waals surface area contributed by atoms with Crippen LogP contribution in [0.4, 0.5) is 17.1 Å². The molecule has 242 valence electrons. The van der Waals surface area contributed by atoms with Crippen molar-refractivity contribution in [1.29, 1.82) is 0 Å². The Kier molecular flexibility index (Phi) is 6.78. The van der Waals surface area contributed by atoms with Crippen LogP contribution in [0, 0.1) is 0 Å². The smallest absolute Gasteiger partial charge is 0.0640 e. The molecule has 2 heteroatoms. The quantitative estimate of drug-likeness (QED) is 0.176. The Morgan fingerprint density at radius 1 is 0.392 bits per heavy atom. The highest BCUT2D eigenvalue weighted by Crippen LogP contribution is 2.52. The molecular formula is C49H35NS. The number of benzene rings is 8. The second-order valence-corrected chi connectivity index (χ2v) is 15.1. The third kappa shape index (κ3) is 4.67. The van der Waals surface area contributed by atoms with Crippen molar-refractivity contribution in [3.8, 4) is 33.4 Å². The molecule has 51 heavy (non-hydrogen) atoms. The van der Waals surface area contributed by atoms with Gasteiger partial charge in [-0.25, -0.2) is 0 Å². The maximum atomic E-state index is 2.48. The molecule has 0 atom stereocenters. The standard InChI is InChI=1S/C49H35NS/c1-49(2)44-22-12-11-19-38(44)39-29-28-36(30-45(39)49)50(35-26-24-33(25-27-35)32-14-5-3-6-15-32)46-23-13-21-41-43-31-42(34-16-7-4-8-17-34)37-18-9-10-20-40(37)47(43)51-48(41)46/h3-31H,1-2H3. The highest BCUT2D eigenvalue weighted by Gasteiger charge is 2.36. The van der Waals surface area contributed by atoms with Crippen LogP contribution in [0.5, 0.6) is 0 Å². The Bertz CT molecular complexity index is 2760. The van der Waals surface area contributed by atoms with Gasteiger partial charge in [-0.3, -0.25) is 0 Å². The summed E-state index contributed by atoms with van der Waals surface area (Å²) in [7, 11) is 0. The number of anilines is 3. The molecule has 1 nitrogen and oxygen atoms in total. The van der Waals surface area contributed by atoms with Crippen LogP contribution in [0.25, 0.3) is 64.3 Å². The van der Waals surface area contributed by atoms with Crippen LogP contribution < -0.4 is 4.90 Å². The van der Waals surface area contributed by atoms with Crippen LogP contribution >= 0.6 is 11.3 Å². The lowest BCUT2D eigenvalue weighted by molar-refractivity contribution is 0.660. The Labute approximate surface area is 302 Å². The van der Waals surface area contributed by atoms with Gasteiger partial charge in [0.15, 0.2) is 0 Å². The molecule has 0 spiro atoms. The second kappa shape index (κ2) is 11.6. The Morgan fingerprint density at radius 3 is 1.76 bits per heavy atom. The summed E-state index contributed by atoms with van der Waals surface area (Å²) >= 11 is 1.91. The number of nitrogens with zero attached hydrogens (tertiary/aromatic N) is 1. The van der Waals surface area contributed by atoms with E-state index in [1.807, 2.05) is 11.3 Å². The lowest BCUT2D eigenvalue weighted by Gasteiger charge is -2.28. The van der Waals surface area contributed by atoms with Crippen LogP contribution in [0.2, 0.25) is 0 Å². The third-order valence-electron chi connectivity index (χ3n) is 10.9. The average molecular weight is 670 g/mol. The first-order valence-corrected chi connectivity index (χ1v) is 18.5. The van der Waals surface area contributed by atoms with Crippen molar-refractivity contribution in [2.24, 2.45) is 0 Å². The van der Waals surface area contributed by atoms with Gasteiger partial charge >= 0.3 is 0 Å². The van der Waals surface area contributed by atoms with Crippen LogP contribution in [0.3, 0.4) is 0 Å². The minimum absolute atomic E-state index is 0.0961. The molecule has 0 N–H and O–H groups in total. The summed E-state index contributed by atoms with van der Waals surface area (Å²) in [6.07, 6.45) is 0. The van der Waals surface area contributed by atoms with Gasteiger partial charge in [0.25, 0.3) is 0 Å². The Morgan fingerprint density at radius 2 is 0.980 bits per heavy atom.